The lowest BCUT2D eigenvalue weighted by Crippen LogP contribution is -2.35. The van der Waals surface area contributed by atoms with Gasteiger partial charge in [0.2, 0.25) is 0 Å². The van der Waals surface area contributed by atoms with Crippen LogP contribution in [-0.2, 0) is 0 Å². The van der Waals surface area contributed by atoms with Crippen LogP contribution in [0.25, 0.3) is 0 Å². The second-order valence-corrected chi connectivity index (χ2v) is 4.88. The van der Waals surface area contributed by atoms with Gasteiger partial charge in [0.1, 0.15) is 0 Å². The fourth-order valence-electron chi connectivity index (χ4n) is 2.27. The molecule has 0 bridgehead atoms. The first-order valence-electron chi connectivity index (χ1n) is 5.94. The number of hydrogen-bond acceptors (Lipinski definition) is 1. The fourth-order valence-corrected chi connectivity index (χ4v) is 2.27. The van der Waals surface area contributed by atoms with Gasteiger partial charge in [-0.05, 0) is 44.2 Å². The van der Waals surface area contributed by atoms with Gasteiger partial charge in [0, 0.05) is 6.54 Å². The zero-order valence-corrected chi connectivity index (χ0v) is 9.55. The Kier molecular flexibility index (Phi) is 4.79. The molecular weight excluding hydrogens is 158 g/mol. The molecule has 1 unspecified atom stereocenters. The van der Waals surface area contributed by atoms with E-state index in [2.05, 4.69) is 25.7 Å². The molecule has 1 atom stereocenters. The van der Waals surface area contributed by atoms with E-state index in [4.69, 9.17) is 0 Å². The SMILES string of the molecule is CCCC(C)CN1CCC(C)CC1. The summed E-state index contributed by atoms with van der Waals surface area (Å²) in [6.45, 7) is 11.1. The third kappa shape index (κ3) is 4.12. The molecule has 0 radical (unpaired) electrons. The second-order valence-electron chi connectivity index (χ2n) is 4.88. The lowest BCUT2D eigenvalue weighted by Gasteiger charge is -2.32. The summed E-state index contributed by atoms with van der Waals surface area (Å²) in [6, 6.07) is 0. The molecule has 1 nitrogen and oxygen atoms in total. The molecule has 0 aromatic carbocycles. The molecule has 0 amide bonds. The van der Waals surface area contributed by atoms with E-state index >= 15 is 0 Å². The van der Waals surface area contributed by atoms with Crippen molar-refractivity contribution in [2.45, 2.75) is 46.5 Å². The van der Waals surface area contributed by atoms with Crippen LogP contribution in [0, 0.1) is 11.8 Å². The molecule has 13 heavy (non-hydrogen) atoms. The van der Waals surface area contributed by atoms with Crippen LogP contribution in [0.4, 0.5) is 0 Å². The number of likely N-dealkylation sites (tertiary alicyclic amines) is 1. The normalized spacial score (nSPS) is 23.3. The van der Waals surface area contributed by atoms with E-state index in [0.717, 1.165) is 11.8 Å². The zero-order chi connectivity index (χ0) is 9.68. The van der Waals surface area contributed by atoms with Gasteiger partial charge in [0.25, 0.3) is 0 Å². The molecule has 1 aliphatic rings. The van der Waals surface area contributed by atoms with Crippen molar-refractivity contribution < 1.29 is 0 Å². The van der Waals surface area contributed by atoms with E-state index in [1.807, 2.05) is 0 Å². The van der Waals surface area contributed by atoms with Crippen molar-refractivity contribution in [1.82, 2.24) is 4.90 Å². The largest absolute Gasteiger partial charge is 0.303 e. The Balaban J connectivity index is 2.14. The second kappa shape index (κ2) is 5.64. The topological polar surface area (TPSA) is 3.24 Å². The van der Waals surface area contributed by atoms with Gasteiger partial charge in [-0.15, -0.1) is 0 Å². The minimum atomic E-state index is 0.901. The molecule has 1 heterocycles. The Bertz CT molecular complexity index is 125. The predicted molar refractivity (Wildman–Crippen MR) is 58.9 cm³/mol. The zero-order valence-electron chi connectivity index (χ0n) is 9.55. The first-order valence-corrected chi connectivity index (χ1v) is 5.94. The summed E-state index contributed by atoms with van der Waals surface area (Å²) < 4.78 is 0. The number of hydrogen-bond donors (Lipinski definition) is 0. The lowest BCUT2D eigenvalue weighted by atomic mass is 9.97. The summed E-state index contributed by atoms with van der Waals surface area (Å²) in [5.41, 5.74) is 0. The van der Waals surface area contributed by atoms with Crippen LogP contribution < -0.4 is 0 Å². The molecule has 0 aromatic heterocycles. The Morgan fingerprint density at radius 2 is 1.92 bits per heavy atom. The van der Waals surface area contributed by atoms with Gasteiger partial charge < -0.3 is 4.90 Å². The minimum Gasteiger partial charge on any atom is -0.303 e. The molecular formula is C12H25N. The van der Waals surface area contributed by atoms with E-state index in [1.165, 1.54) is 45.3 Å². The highest BCUT2D eigenvalue weighted by Gasteiger charge is 2.16. The van der Waals surface area contributed by atoms with Gasteiger partial charge in [-0.25, -0.2) is 0 Å². The van der Waals surface area contributed by atoms with Crippen LogP contribution in [0.3, 0.4) is 0 Å². The van der Waals surface area contributed by atoms with Crippen LogP contribution in [0.2, 0.25) is 0 Å². The molecule has 1 aliphatic heterocycles. The van der Waals surface area contributed by atoms with E-state index in [-0.39, 0.29) is 0 Å². The molecule has 0 N–H and O–H groups in total. The van der Waals surface area contributed by atoms with Crippen LogP contribution >= 0.6 is 0 Å². The third-order valence-electron chi connectivity index (χ3n) is 3.23. The molecule has 0 aromatic rings. The standard InChI is InChI=1S/C12H25N/c1-4-5-12(3)10-13-8-6-11(2)7-9-13/h11-12H,4-10H2,1-3H3. The van der Waals surface area contributed by atoms with Crippen molar-refractivity contribution in [3.63, 3.8) is 0 Å². The van der Waals surface area contributed by atoms with Crippen molar-refractivity contribution in [2.24, 2.45) is 11.8 Å². The van der Waals surface area contributed by atoms with Crippen molar-refractivity contribution in [3.05, 3.63) is 0 Å². The Hall–Kier alpha value is -0.0400. The van der Waals surface area contributed by atoms with Crippen molar-refractivity contribution in [3.8, 4) is 0 Å². The number of rotatable bonds is 4. The highest BCUT2D eigenvalue weighted by atomic mass is 15.1. The van der Waals surface area contributed by atoms with E-state index in [1.54, 1.807) is 0 Å². The van der Waals surface area contributed by atoms with Gasteiger partial charge in [-0.2, -0.15) is 0 Å². The summed E-state index contributed by atoms with van der Waals surface area (Å²) >= 11 is 0. The van der Waals surface area contributed by atoms with Crippen LogP contribution in [0.1, 0.15) is 46.5 Å². The maximum Gasteiger partial charge on any atom is 0.000702 e. The Morgan fingerprint density at radius 3 is 2.46 bits per heavy atom. The molecule has 1 heteroatoms. The van der Waals surface area contributed by atoms with E-state index in [0.29, 0.717) is 0 Å². The third-order valence-corrected chi connectivity index (χ3v) is 3.23. The van der Waals surface area contributed by atoms with Gasteiger partial charge >= 0.3 is 0 Å². The fraction of sp³-hybridized carbons (Fsp3) is 1.00. The summed E-state index contributed by atoms with van der Waals surface area (Å²) in [5.74, 6) is 1.87. The van der Waals surface area contributed by atoms with E-state index < -0.39 is 0 Å². The van der Waals surface area contributed by atoms with Crippen molar-refractivity contribution in [1.29, 1.82) is 0 Å². The average Bonchev–Trinajstić information content (AvgIpc) is 2.09. The summed E-state index contributed by atoms with van der Waals surface area (Å²) in [6.07, 6.45) is 5.56. The Morgan fingerprint density at radius 1 is 1.31 bits per heavy atom. The highest BCUT2D eigenvalue weighted by Crippen LogP contribution is 2.18. The summed E-state index contributed by atoms with van der Waals surface area (Å²) in [4.78, 5) is 2.65. The minimum absolute atomic E-state index is 0.901. The maximum absolute atomic E-state index is 2.65. The average molecular weight is 183 g/mol. The molecule has 78 valence electrons. The van der Waals surface area contributed by atoms with Gasteiger partial charge in [0.05, 0.1) is 0 Å². The molecule has 1 saturated heterocycles. The molecule has 0 saturated carbocycles. The van der Waals surface area contributed by atoms with Crippen LogP contribution in [0.15, 0.2) is 0 Å². The van der Waals surface area contributed by atoms with Crippen molar-refractivity contribution in [2.75, 3.05) is 19.6 Å². The number of nitrogens with zero attached hydrogens (tertiary/aromatic N) is 1. The molecule has 0 aliphatic carbocycles. The first kappa shape index (κ1) is 11.0. The summed E-state index contributed by atoms with van der Waals surface area (Å²) in [5, 5.41) is 0. The van der Waals surface area contributed by atoms with Crippen molar-refractivity contribution >= 4 is 0 Å². The first-order chi connectivity index (χ1) is 6.22. The molecule has 1 rings (SSSR count). The molecule has 1 fully saturated rings. The van der Waals surface area contributed by atoms with E-state index in [9.17, 15) is 0 Å². The summed E-state index contributed by atoms with van der Waals surface area (Å²) in [7, 11) is 0. The maximum atomic E-state index is 2.65. The predicted octanol–water partition coefficient (Wildman–Crippen LogP) is 3.15. The quantitative estimate of drug-likeness (QED) is 0.647. The monoisotopic (exact) mass is 183 g/mol. The Labute approximate surface area is 83.5 Å². The lowest BCUT2D eigenvalue weighted by molar-refractivity contribution is 0.168. The molecule has 0 spiro atoms. The van der Waals surface area contributed by atoms with Gasteiger partial charge in [-0.3, -0.25) is 0 Å². The number of piperidine rings is 1. The van der Waals surface area contributed by atoms with Gasteiger partial charge in [-0.1, -0.05) is 27.2 Å². The van der Waals surface area contributed by atoms with Gasteiger partial charge in [0.15, 0.2) is 0 Å². The smallest absolute Gasteiger partial charge is 0.000702 e. The highest BCUT2D eigenvalue weighted by molar-refractivity contribution is 4.70. The van der Waals surface area contributed by atoms with Crippen LogP contribution in [0.5, 0.6) is 0 Å². The van der Waals surface area contributed by atoms with Crippen LogP contribution in [-0.4, -0.2) is 24.5 Å².